The summed E-state index contributed by atoms with van der Waals surface area (Å²) in [7, 11) is -3.59. The molecule has 128 valence electrons. The Hall–Kier alpha value is -1.98. The number of hydrogen-bond donors (Lipinski definition) is 0. The minimum Gasteiger partial charge on any atom is -0.235 e. The summed E-state index contributed by atoms with van der Waals surface area (Å²) in [6, 6.07) is 17.0. The molecular weight excluding hydrogens is 350 g/mol. The van der Waals surface area contributed by atoms with Crippen LogP contribution in [0.15, 0.2) is 75.6 Å². The first-order valence-corrected chi connectivity index (χ1v) is 10.6. The average molecular weight is 370 g/mol. The summed E-state index contributed by atoms with van der Waals surface area (Å²) in [5.74, 6) is 0. The van der Waals surface area contributed by atoms with Gasteiger partial charge >= 0.3 is 0 Å². The van der Waals surface area contributed by atoms with Gasteiger partial charge in [0.05, 0.1) is 9.92 Å². The standard InChI is InChI=1S/C20H19NO2S2/c1-15-10-12-18(13-11-15)25(22,23)21-14-16-6-5-9-19(16)20(21)24-17-7-3-2-4-8-17/h2-4,7-8,10-14H,5-6,9H2,1H3. The number of benzene rings is 2. The normalized spacial score (nSPS) is 13.8. The van der Waals surface area contributed by atoms with E-state index in [0.717, 1.165) is 40.3 Å². The van der Waals surface area contributed by atoms with Crippen molar-refractivity contribution in [3.8, 4) is 0 Å². The van der Waals surface area contributed by atoms with Crippen LogP contribution < -0.4 is 0 Å². The van der Waals surface area contributed by atoms with E-state index < -0.39 is 10.0 Å². The Morgan fingerprint density at radius 2 is 1.68 bits per heavy atom. The monoisotopic (exact) mass is 369 g/mol. The summed E-state index contributed by atoms with van der Waals surface area (Å²) in [6.45, 7) is 1.96. The van der Waals surface area contributed by atoms with Crippen LogP contribution in [0.4, 0.5) is 0 Å². The second-order valence-corrected chi connectivity index (χ2v) is 9.20. The Labute approximate surface area is 152 Å². The zero-order valence-electron chi connectivity index (χ0n) is 14.0. The maximum Gasteiger partial charge on any atom is 0.268 e. The van der Waals surface area contributed by atoms with E-state index in [0.29, 0.717) is 4.90 Å². The molecule has 0 saturated carbocycles. The van der Waals surface area contributed by atoms with Gasteiger partial charge in [-0.15, -0.1) is 0 Å². The molecule has 2 aromatic carbocycles. The lowest BCUT2D eigenvalue weighted by molar-refractivity contribution is 0.582. The van der Waals surface area contributed by atoms with Gasteiger partial charge in [-0.2, -0.15) is 0 Å². The third-order valence-electron chi connectivity index (χ3n) is 4.53. The summed E-state index contributed by atoms with van der Waals surface area (Å²) >= 11 is 1.53. The van der Waals surface area contributed by atoms with Crippen molar-refractivity contribution in [1.29, 1.82) is 0 Å². The molecule has 0 N–H and O–H groups in total. The second kappa shape index (κ2) is 6.39. The van der Waals surface area contributed by atoms with E-state index in [1.807, 2.05) is 55.6 Å². The lowest BCUT2D eigenvalue weighted by atomic mass is 10.2. The summed E-state index contributed by atoms with van der Waals surface area (Å²) in [5, 5.41) is 0.833. The molecule has 3 aromatic rings. The van der Waals surface area contributed by atoms with Gasteiger partial charge in [0.25, 0.3) is 10.0 Å². The molecule has 4 rings (SSSR count). The average Bonchev–Trinajstić information content (AvgIpc) is 3.19. The highest BCUT2D eigenvalue weighted by Crippen LogP contribution is 2.39. The molecule has 5 heteroatoms. The van der Waals surface area contributed by atoms with E-state index >= 15 is 0 Å². The smallest absolute Gasteiger partial charge is 0.235 e. The first-order valence-electron chi connectivity index (χ1n) is 8.34. The van der Waals surface area contributed by atoms with Crippen LogP contribution in [-0.4, -0.2) is 12.4 Å². The lowest BCUT2D eigenvalue weighted by Crippen LogP contribution is -2.13. The Morgan fingerprint density at radius 3 is 2.40 bits per heavy atom. The van der Waals surface area contributed by atoms with Gasteiger partial charge in [0.2, 0.25) is 0 Å². The Morgan fingerprint density at radius 1 is 0.960 bits per heavy atom. The molecule has 0 atom stereocenters. The van der Waals surface area contributed by atoms with Crippen molar-refractivity contribution in [3.63, 3.8) is 0 Å². The van der Waals surface area contributed by atoms with E-state index in [1.54, 1.807) is 12.1 Å². The number of aryl methyl sites for hydroxylation is 2. The summed E-state index contributed by atoms with van der Waals surface area (Å²) < 4.78 is 27.9. The van der Waals surface area contributed by atoms with Crippen LogP contribution >= 0.6 is 11.8 Å². The van der Waals surface area contributed by atoms with Crippen LogP contribution in [0.2, 0.25) is 0 Å². The second-order valence-electron chi connectivity index (χ2n) is 6.32. The van der Waals surface area contributed by atoms with Crippen molar-refractivity contribution in [1.82, 2.24) is 3.97 Å². The van der Waals surface area contributed by atoms with Crippen molar-refractivity contribution in [2.75, 3.05) is 0 Å². The fourth-order valence-corrected chi connectivity index (χ4v) is 5.92. The molecule has 25 heavy (non-hydrogen) atoms. The Kier molecular flexibility index (Phi) is 4.21. The van der Waals surface area contributed by atoms with E-state index in [9.17, 15) is 8.42 Å². The fraction of sp³-hybridized carbons (Fsp3) is 0.200. The Balaban J connectivity index is 1.83. The van der Waals surface area contributed by atoms with Crippen molar-refractivity contribution < 1.29 is 8.42 Å². The van der Waals surface area contributed by atoms with Gasteiger partial charge < -0.3 is 0 Å². The summed E-state index contributed by atoms with van der Waals surface area (Å²) in [6.07, 6.45) is 4.82. The molecule has 0 unspecified atom stereocenters. The zero-order chi connectivity index (χ0) is 17.4. The summed E-state index contributed by atoms with van der Waals surface area (Å²) in [5.41, 5.74) is 3.39. The molecule has 1 heterocycles. The van der Waals surface area contributed by atoms with Crippen LogP contribution in [0.25, 0.3) is 0 Å². The van der Waals surface area contributed by atoms with Gasteiger partial charge in [0.15, 0.2) is 0 Å². The number of hydrogen-bond acceptors (Lipinski definition) is 3. The molecule has 1 aromatic heterocycles. The third kappa shape index (κ3) is 3.02. The zero-order valence-corrected chi connectivity index (χ0v) is 15.6. The van der Waals surface area contributed by atoms with Crippen LogP contribution in [0.5, 0.6) is 0 Å². The molecule has 0 saturated heterocycles. The molecule has 0 fully saturated rings. The number of nitrogens with zero attached hydrogens (tertiary/aromatic N) is 1. The van der Waals surface area contributed by atoms with E-state index in [2.05, 4.69) is 0 Å². The molecule has 1 aliphatic rings. The quantitative estimate of drug-likeness (QED) is 0.671. The van der Waals surface area contributed by atoms with Crippen molar-refractivity contribution in [2.45, 2.75) is 41.0 Å². The summed E-state index contributed by atoms with van der Waals surface area (Å²) in [4.78, 5) is 1.39. The molecule has 0 aliphatic heterocycles. The van der Waals surface area contributed by atoms with Crippen LogP contribution in [-0.2, 0) is 22.9 Å². The topological polar surface area (TPSA) is 39.1 Å². The fourth-order valence-electron chi connectivity index (χ4n) is 3.20. The van der Waals surface area contributed by atoms with E-state index in [4.69, 9.17) is 0 Å². The molecule has 0 amide bonds. The SMILES string of the molecule is Cc1ccc(S(=O)(=O)n2cc3c(c2Sc2ccccc2)CCC3)cc1. The number of rotatable bonds is 4. The highest BCUT2D eigenvalue weighted by molar-refractivity contribution is 8.00. The molecule has 0 spiro atoms. The molecule has 0 bridgehead atoms. The van der Waals surface area contributed by atoms with Gasteiger partial charge in [-0.3, -0.25) is 0 Å². The molecule has 1 aliphatic carbocycles. The molecular formula is C20H19NO2S2. The van der Waals surface area contributed by atoms with Gasteiger partial charge in [-0.25, -0.2) is 12.4 Å². The van der Waals surface area contributed by atoms with Gasteiger partial charge in [0.1, 0.15) is 0 Å². The predicted molar refractivity (Wildman–Crippen MR) is 101 cm³/mol. The molecule has 3 nitrogen and oxygen atoms in total. The largest absolute Gasteiger partial charge is 0.268 e. The lowest BCUT2D eigenvalue weighted by Gasteiger charge is -2.12. The number of fused-ring (bicyclic) bond motifs is 1. The van der Waals surface area contributed by atoms with Gasteiger partial charge in [-0.1, -0.05) is 47.7 Å². The highest BCUT2D eigenvalue weighted by atomic mass is 32.2. The highest BCUT2D eigenvalue weighted by Gasteiger charge is 2.27. The van der Waals surface area contributed by atoms with Crippen molar-refractivity contribution in [2.24, 2.45) is 0 Å². The third-order valence-corrected chi connectivity index (χ3v) is 7.46. The number of aromatic nitrogens is 1. The minimum absolute atomic E-state index is 0.335. The van der Waals surface area contributed by atoms with Crippen LogP contribution in [0.1, 0.15) is 23.1 Å². The minimum atomic E-state index is -3.59. The first kappa shape index (κ1) is 16.5. The van der Waals surface area contributed by atoms with E-state index in [1.165, 1.54) is 21.3 Å². The molecule has 0 radical (unpaired) electrons. The maximum absolute atomic E-state index is 13.2. The maximum atomic E-state index is 13.2. The van der Waals surface area contributed by atoms with Gasteiger partial charge in [-0.05, 0) is 61.6 Å². The van der Waals surface area contributed by atoms with Crippen LogP contribution in [0.3, 0.4) is 0 Å². The van der Waals surface area contributed by atoms with Crippen LogP contribution in [0, 0.1) is 6.92 Å². The van der Waals surface area contributed by atoms with Crippen molar-refractivity contribution >= 4 is 21.8 Å². The Bertz CT molecular complexity index is 1000. The van der Waals surface area contributed by atoms with Gasteiger partial charge in [0, 0.05) is 11.1 Å². The first-order chi connectivity index (χ1) is 12.1. The van der Waals surface area contributed by atoms with Crippen molar-refractivity contribution in [3.05, 3.63) is 77.5 Å². The predicted octanol–water partition coefficient (Wildman–Crippen LogP) is 4.67. The van der Waals surface area contributed by atoms with E-state index in [-0.39, 0.29) is 0 Å².